The highest BCUT2D eigenvalue weighted by Gasteiger charge is 2.32. The second kappa shape index (κ2) is 10.3. The highest BCUT2D eigenvalue weighted by atomic mass is 16.5. The SMILES string of the molecule is COc1cc(CN2CCNC(=O)C2CC(=O)N(C)Cc2ccncc2C)cc(OC)c1. The minimum Gasteiger partial charge on any atom is -0.497 e. The van der Waals surface area contributed by atoms with Crippen molar-refractivity contribution in [2.24, 2.45) is 0 Å². The van der Waals surface area contributed by atoms with Crippen molar-refractivity contribution in [2.75, 3.05) is 34.4 Å². The number of ether oxygens (including phenoxy) is 2. The van der Waals surface area contributed by atoms with E-state index in [1.165, 1.54) is 0 Å². The van der Waals surface area contributed by atoms with E-state index in [4.69, 9.17) is 9.47 Å². The molecule has 2 aromatic rings. The third-order valence-electron chi connectivity index (χ3n) is 5.58. The Kier molecular flexibility index (Phi) is 7.46. The molecule has 2 heterocycles. The summed E-state index contributed by atoms with van der Waals surface area (Å²) >= 11 is 0. The Balaban J connectivity index is 1.71. The minimum absolute atomic E-state index is 0.0773. The van der Waals surface area contributed by atoms with Gasteiger partial charge in [-0.15, -0.1) is 0 Å². The number of pyridine rings is 1. The predicted molar refractivity (Wildman–Crippen MR) is 117 cm³/mol. The number of aryl methyl sites for hydroxylation is 1. The van der Waals surface area contributed by atoms with Gasteiger partial charge in [-0.3, -0.25) is 19.5 Å². The lowest BCUT2D eigenvalue weighted by Crippen LogP contribution is -2.56. The number of nitrogens with one attached hydrogen (secondary N) is 1. The molecule has 0 saturated carbocycles. The molecular weight excluding hydrogens is 396 g/mol. The fraction of sp³-hybridized carbons (Fsp3) is 0.435. The van der Waals surface area contributed by atoms with Crippen LogP contribution in [0.2, 0.25) is 0 Å². The fourth-order valence-electron chi connectivity index (χ4n) is 3.71. The summed E-state index contributed by atoms with van der Waals surface area (Å²) < 4.78 is 10.7. The molecule has 2 amide bonds. The van der Waals surface area contributed by atoms with Crippen LogP contribution < -0.4 is 14.8 Å². The first kappa shape index (κ1) is 22.6. The van der Waals surface area contributed by atoms with Gasteiger partial charge in [0.1, 0.15) is 11.5 Å². The van der Waals surface area contributed by atoms with Crippen LogP contribution in [-0.2, 0) is 22.7 Å². The molecule has 1 unspecified atom stereocenters. The molecule has 0 aliphatic carbocycles. The molecule has 1 saturated heterocycles. The van der Waals surface area contributed by atoms with Crippen molar-refractivity contribution in [3.8, 4) is 11.5 Å². The number of methoxy groups -OCH3 is 2. The maximum atomic E-state index is 12.9. The Labute approximate surface area is 183 Å². The highest BCUT2D eigenvalue weighted by Crippen LogP contribution is 2.25. The van der Waals surface area contributed by atoms with Gasteiger partial charge in [-0.25, -0.2) is 0 Å². The van der Waals surface area contributed by atoms with Crippen LogP contribution in [-0.4, -0.2) is 67.0 Å². The van der Waals surface area contributed by atoms with Crippen molar-refractivity contribution in [3.05, 3.63) is 53.3 Å². The van der Waals surface area contributed by atoms with Crippen LogP contribution in [0, 0.1) is 6.92 Å². The van der Waals surface area contributed by atoms with Gasteiger partial charge in [0.15, 0.2) is 0 Å². The Morgan fingerprint density at radius 2 is 1.97 bits per heavy atom. The summed E-state index contributed by atoms with van der Waals surface area (Å²) in [5.74, 6) is 1.18. The number of rotatable bonds is 8. The average molecular weight is 427 g/mol. The fourth-order valence-corrected chi connectivity index (χ4v) is 3.71. The number of aromatic nitrogens is 1. The number of benzene rings is 1. The molecule has 1 aromatic heterocycles. The summed E-state index contributed by atoms with van der Waals surface area (Å²) in [4.78, 5) is 33.4. The molecule has 0 spiro atoms. The molecule has 8 heteroatoms. The molecule has 1 N–H and O–H groups in total. The van der Waals surface area contributed by atoms with Gasteiger partial charge in [0.2, 0.25) is 11.8 Å². The Morgan fingerprint density at radius 1 is 1.26 bits per heavy atom. The summed E-state index contributed by atoms with van der Waals surface area (Å²) in [5.41, 5.74) is 3.04. The largest absolute Gasteiger partial charge is 0.497 e. The predicted octanol–water partition coefficient (Wildman–Crippen LogP) is 1.76. The molecule has 1 aliphatic heterocycles. The van der Waals surface area contributed by atoms with Gasteiger partial charge in [-0.05, 0) is 41.8 Å². The molecule has 1 aromatic carbocycles. The van der Waals surface area contributed by atoms with Crippen molar-refractivity contribution < 1.29 is 19.1 Å². The second-order valence-corrected chi connectivity index (χ2v) is 7.75. The number of carbonyl (C=O) groups is 2. The van der Waals surface area contributed by atoms with Crippen LogP contribution in [0.15, 0.2) is 36.7 Å². The van der Waals surface area contributed by atoms with Crippen molar-refractivity contribution in [2.45, 2.75) is 32.5 Å². The van der Waals surface area contributed by atoms with Crippen LogP contribution in [0.1, 0.15) is 23.1 Å². The highest BCUT2D eigenvalue weighted by molar-refractivity contribution is 5.88. The Hall–Kier alpha value is -3.13. The molecular formula is C23H30N4O4. The average Bonchev–Trinajstić information content (AvgIpc) is 2.77. The van der Waals surface area contributed by atoms with E-state index in [1.807, 2.05) is 36.1 Å². The molecule has 0 radical (unpaired) electrons. The van der Waals surface area contributed by atoms with Crippen LogP contribution in [0.25, 0.3) is 0 Å². The Bertz CT molecular complexity index is 911. The quantitative estimate of drug-likeness (QED) is 0.693. The third kappa shape index (κ3) is 5.73. The molecule has 0 bridgehead atoms. The zero-order valence-electron chi connectivity index (χ0n) is 18.6. The summed E-state index contributed by atoms with van der Waals surface area (Å²) in [5, 5.41) is 2.89. The topological polar surface area (TPSA) is 84.0 Å². The van der Waals surface area contributed by atoms with E-state index < -0.39 is 6.04 Å². The van der Waals surface area contributed by atoms with E-state index >= 15 is 0 Å². The summed E-state index contributed by atoms with van der Waals surface area (Å²) in [6, 6.07) is 7.04. The van der Waals surface area contributed by atoms with Crippen molar-refractivity contribution in [1.82, 2.24) is 20.1 Å². The summed E-state index contributed by atoms with van der Waals surface area (Å²) in [6.07, 6.45) is 3.62. The molecule has 8 nitrogen and oxygen atoms in total. The van der Waals surface area contributed by atoms with E-state index in [0.29, 0.717) is 37.7 Å². The zero-order valence-corrected chi connectivity index (χ0v) is 18.6. The van der Waals surface area contributed by atoms with Crippen LogP contribution in [0.4, 0.5) is 0 Å². The molecule has 31 heavy (non-hydrogen) atoms. The van der Waals surface area contributed by atoms with Crippen molar-refractivity contribution in [3.63, 3.8) is 0 Å². The number of carbonyl (C=O) groups excluding carboxylic acids is 2. The number of hydrogen-bond acceptors (Lipinski definition) is 6. The molecule has 3 rings (SSSR count). The summed E-state index contributed by atoms with van der Waals surface area (Å²) in [6.45, 7) is 4.19. The van der Waals surface area contributed by atoms with Gasteiger partial charge < -0.3 is 19.7 Å². The first-order valence-electron chi connectivity index (χ1n) is 10.3. The molecule has 1 aliphatic rings. The van der Waals surface area contributed by atoms with E-state index in [2.05, 4.69) is 10.3 Å². The van der Waals surface area contributed by atoms with Crippen molar-refractivity contribution >= 4 is 11.8 Å². The second-order valence-electron chi connectivity index (χ2n) is 7.75. The van der Waals surface area contributed by atoms with Gasteiger partial charge in [0, 0.05) is 51.7 Å². The van der Waals surface area contributed by atoms with Gasteiger partial charge in [0.05, 0.1) is 26.7 Å². The monoisotopic (exact) mass is 426 g/mol. The molecule has 166 valence electrons. The molecule has 1 fully saturated rings. The number of hydrogen-bond donors (Lipinski definition) is 1. The van der Waals surface area contributed by atoms with Gasteiger partial charge in [0.25, 0.3) is 0 Å². The lowest BCUT2D eigenvalue weighted by Gasteiger charge is -2.35. The van der Waals surface area contributed by atoms with E-state index in [-0.39, 0.29) is 18.2 Å². The first-order valence-corrected chi connectivity index (χ1v) is 10.3. The lowest BCUT2D eigenvalue weighted by atomic mass is 10.1. The van der Waals surface area contributed by atoms with Crippen molar-refractivity contribution in [1.29, 1.82) is 0 Å². The minimum atomic E-state index is -0.528. The van der Waals surface area contributed by atoms with E-state index in [1.54, 1.807) is 38.6 Å². The van der Waals surface area contributed by atoms with Crippen LogP contribution in [0.5, 0.6) is 11.5 Å². The van der Waals surface area contributed by atoms with Crippen LogP contribution >= 0.6 is 0 Å². The van der Waals surface area contributed by atoms with Gasteiger partial charge in [-0.1, -0.05) is 0 Å². The smallest absolute Gasteiger partial charge is 0.237 e. The number of piperazine rings is 1. The van der Waals surface area contributed by atoms with Gasteiger partial charge >= 0.3 is 0 Å². The first-order chi connectivity index (χ1) is 14.9. The normalized spacial score (nSPS) is 16.5. The molecule has 1 atom stereocenters. The maximum Gasteiger partial charge on any atom is 0.237 e. The number of nitrogens with zero attached hydrogens (tertiary/aromatic N) is 3. The van der Waals surface area contributed by atoms with E-state index in [0.717, 1.165) is 16.7 Å². The van der Waals surface area contributed by atoms with Crippen LogP contribution in [0.3, 0.4) is 0 Å². The lowest BCUT2D eigenvalue weighted by molar-refractivity contribution is -0.138. The maximum absolute atomic E-state index is 12.9. The van der Waals surface area contributed by atoms with Gasteiger partial charge in [-0.2, -0.15) is 0 Å². The Morgan fingerprint density at radius 3 is 2.61 bits per heavy atom. The third-order valence-corrected chi connectivity index (χ3v) is 5.58. The van der Waals surface area contributed by atoms with E-state index in [9.17, 15) is 9.59 Å². The number of amides is 2. The zero-order chi connectivity index (χ0) is 22.4. The standard InChI is InChI=1S/C23H30N4O4/c1-16-13-24-6-5-18(16)15-26(2)22(28)12-21-23(29)25-7-8-27(21)14-17-9-19(30-3)11-20(10-17)31-4/h5-6,9-11,13,21H,7-8,12,14-15H2,1-4H3,(H,25,29). The summed E-state index contributed by atoms with van der Waals surface area (Å²) in [7, 11) is 4.98.